The van der Waals surface area contributed by atoms with E-state index >= 15 is 0 Å². The number of hydrogen-bond acceptors (Lipinski definition) is 10. The molecule has 1 N–H and O–H groups in total. The molecule has 1 radical (unpaired) electrons. The number of fused-ring (bicyclic) bond motifs is 1. The van der Waals surface area contributed by atoms with Crippen molar-refractivity contribution >= 4 is 192 Å². The van der Waals surface area contributed by atoms with Gasteiger partial charge in [-0.25, -0.2) is 26.7 Å². The van der Waals surface area contributed by atoms with E-state index in [1.54, 1.807) is 59.1 Å². The van der Waals surface area contributed by atoms with Gasteiger partial charge in [0.15, 0.2) is 0 Å². The maximum absolute atomic E-state index is 13.8. The van der Waals surface area contributed by atoms with Crippen LogP contribution in [0, 0.1) is 33.5 Å². The summed E-state index contributed by atoms with van der Waals surface area (Å²) in [5.41, 5.74) is 3.35. The maximum atomic E-state index is 13.8. The standard InChI is InChI=1S/C12H15FO3.C12H13FO3.C12H17FO2.C12H15FO.C7H6BrFO.C3H5I3.C3H6I2.C3H7I.C3H6I.C3H8.V/c2*1-3-16-12(14)5-4-9-6-10(13)8-11(7-9)15-2;1-12(2,14)5-4-9-6-10(13)8-11(7-9)15-3;1-12(2)5-4-8-6-9(14-3)7-10(13)11(8)12;1-10-7-3-5(8)2-6(9)4-7;1-2-3(4,5)6;1-2-3(4)5;2*1-2-3-4;1-3-2;/h6-8H,3-5H2,1-2H3;4-8H,3H2,1-2H3;6-8,14H,4-5H2,1-3H3;6-7H,4-5H2,1-3H3;2-4H,1H3;2H2,1H3;3H,2H2,1H3;2-3H2,1H3;3H,2H2,1H3;3H2,1-2H3;/q;;;;;;;;-1;;/b;5-4+;;;;;;;;;. The Morgan fingerprint density at radius 2 is 1.05 bits per heavy atom. The van der Waals surface area contributed by atoms with Crippen molar-refractivity contribution in [1.82, 2.24) is 0 Å². The second kappa shape index (κ2) is 61.2. The van der Waals surface area contributed by atoms with Gasteiger partial charge < -0.3 is 60.9 Å². The van der Waals surface area contributed by atoms with Crippen molar-refractivity contribution < 1.29 is 88.4 Å². The molecule has 0 bridgehead atoms. The molecule has 0 unspecified atom stereocenters. The number of carbonyl (C=O) groups excluding carboxylic acids is 2. The molecular formula is C70H98BrF5I7O10V-. The Labute approximate surface area is 676 Å². The Morgan fingerprint density at radius 1 is 0.660 bits per heavy atom. The molecule has 5 aromatic rings. The molecule has 24 heteroatoms. The fourth-order valence-corrected chi connectivity index (χ4v) is 7.22. The average Bonchev–Trinajstić information content (AvgIpc) is 1.62. The fourth-order valence-electron chi connectivity index (χ4n) is 6.78. The van der Waals surface area contributed by atoms with Gasteiger partial charge in [0.1, 0.15) is 57.3 Å². The Kier molecular flexibility index (Phi) is 66.6. The third kappa shape index (κ3) is 57.2. The van der Waals surface area contributed by atoms with Gasteiger partial charge in [0.05, 0.1) is 56.3 Å². The molecule has 535 valence electrons. The number of aliphatic hydroxyl groups is 1. The summed E-state index contributed by atoms with van der Waals surface area (Å²) < 4.78 is 105. The van der Waals surface area contributed by atoms with Crippen LogP contribution in [0.3, 0.4) is 0 Å². The number of esters is 2. The summed E-state index contributed by atoms with van der Waals surface area (Å²) in [4.78, 5) is 22.1. The van der Waals surface area contributed by atoms with E-state index in [4.69, 9.17) is 33.2 Å². The summed E-state index contributed by atoms with van der Waals surface area (Å²) >= 11 is 19.7. The molecule has 0 aliphatic heterocycles. The smallest absolute Gasteiger partial charge is 0.330 e. The van der Waals surface area contributed by atoms with Crippen molar-refractivity contribution in [3.63, 3.8) is 0 Å². The quantitative estimate of drug-likeness (QED) is 0.0214. The van der Waals surface area contributed by atoms with Gasteiger partial charge in [-0.05, 0) is 177 Å². The maximum Gasteiger partial charge on any atom is 0.330 e. The Morgan fingerprint density at radius 3 is 1.43 bits per heavy atom. The first kappa shape index (κ1) is 102. The minimum Gasteiger partial charge on any atom is -0.497 e. The van der Waals surface area contributed by atoms with Crippen LogP contribution in [0.25, 0.3) is 6.08 Å². The average molecular weight is 2210 g/mol. The molecule has 0 spiro atoms. The van der Waals surface area contributed by atoms with Crippen molar-refractivity contribution in [3.05, 3.63) is 157 Å². The normalized spacial score (nSPS) is 11.1. The van der Waals surface area contributed by atoms with Crippen LogP contribution >= 0.6 is 174 Å². The second-order valence-corrected chi connectivity index (χ2v) is 40.7. The van der Waals surface area contributed by atoms with Gasteiger partial charge in [0.2, 0.25) is 0 Å². The van der Waals surface area contributed by atoms with E-state index in [-0.39, 0.29) is 59.6 Å². The minimum absolute atomic E-state index is 0. The largest absolute Gasteiger partial charge is 0.497 e. The number of aryl methyl sites for hydroxylation is 3. The van der Waals surface area contributed by atoms with Crippen molar-refractivity contribution in [2.45, 2.75) is 166 Å². The molecule has 0 fully saturated rings. The van der Waals surface area contributed by atoms with Crippen LogP contribution in [0.1, 0.15) is 162 Å². The van der Waals surface area contributed by atoms with E-state index in [1.165, 1.54) is 132 Å². The zero-order valence-electron chi connectivity index (χ0n) is 57.3. The van der Waals surface area contributed by atoms with Crippen LogP contribution < -0.4 is 23.7 Å². The van der Waals surface area contributed by atoms with Crippen molar-refractivity contribution in [1.29, 1.82) is 0 Å². The molecule has 0 aromatic heterocycles. The molecule has 0 saturated carbocycles. The fraction of sp³-hybridized carbons (Fsp3) is 0.500. The van der Waals surface area contributed by atoms with Crippen molar-refractivity contribution in [2.75, 3.05) is 53.2 Å². The van der Waals surface area contributed by atoms with Crippen LogP contribution in [-0.4, -0.2) is 77.2 Å². The molecule has 0 saturated heterocycles. The first-order valence-corrected chi connectivity index (χ1v) is 39.3. The number of ether oxygens (including phenoxy) is 7. The first-order valence-electron chi connectivity index (χ1n) is 30.0. The number of hydrogen-bond donors (Lipinski definition) is 1. The molecule has 1 aliphatic rings. The van der Waals surface area contributed by atoms with Gasteiger partial charge in [0.25, 0.3) is 0 Å². The van der Waals surface area contributed by atoms with Gasteiger partial charge in [-0.1, -0.05) is 213 Å². The zero-order chi connectivity index (χ0) is 72.3. The van der Waals surface area contributed by atoms with E-state index in [2.05, 4.69) is 234 Å². The van der Waals surface area contributed by atoms with Gasteiger partial charge >= 0.3 is 11.9 Å². The van der Waals surface area contributed by atoms with Crippen LogP contribution in [-0.2, 0) is 62.3 Å². The third-order valence-corrected chi connectivity index (χ3v) is 17.8. The number of benzene rings is 5. The predicted molar refractivity (Wildman–Crippen MR) is 440 cm³/mol. The number of rotatable bonds is 19. The Hall–Kier alpha value is -0.436. The summed E-state index contributed by atoms with van der Waals surface area (Å²) in [7, 11) is 7.51. The third-order valence-electron chi connectivity index (χ3n) is 11.3. The van der Waals surface area contributed by atoms with E-state index in [9.17, 15) is 36.6 Å². The number of methoxy groups -OCH3 is 5. The molecular weight excluding hydrogens is 2110 g/mol. The van der Waals surface area contributed by atoms with Gasteiger partial charge in [0, 0.05) is 65.9 Å². The van der Waals surface area contributed by atoms with Crippen LogP contribution in [0.15, 0.2) is 95.5 Å². The molecule has 0 heterocycles. The van der Waals surface area contributed by atoms with Crippen molar-refractivity contribution in [2.24, 2.45) is 0 Å². The zero-order valence-corrected chi connectivity index (χ0v) is 75.4. The van der Waals surface area contributed by atoms with E-state index in [1.807, 2.05) is 6.07 Å². The monoisotopic (exact) mass is 2210 g/mol. The SMILES string of the molecule is CCC.CCC(I)(I)I.CCC(I)I.CCCI.CCOC(=O)/C=C/c1cc(F)cc(OC)c1.CCOC(=O)CCc1cc(F)cc(OC)c1.CC[CH-]I.COc1cc(F)c2c(c1)CCC2(C)C.COc1cc(F)cc(Br)c1.COc1cc(F)cc(CCC(C)(C)O)c1.[V]. The van der Waals surface area contributed by atoms with Crippen LogP contribution in [0.4, 0.5) is 22.0 Å². The Balaban J connectivity index is -0.000000325. The molecule has 0 amide bonds. The summed E-state index contributed by atoms with van der Waals surface area (Å²) in [5.74, 6) is 0.291. The van der Waals surface area contributed by atoms with Gasteiger partial charge in [-0.2, -0.15) is 6.42 Å². The number of carbonyl (C=O) groups is 2. The molecule has 10 nitrogen and oxygen atoms in total. The Bertz CT molecular complexity index is 2780. The van der Waals surface area contributed by atoms with Crippen LogP contribution in [0.2, 0.25) is 0 Å². The summed E-state index contributed by atoms with van der Waals surface area (Å²) in [6, 6.07) is 21.0. The topological polar surface area (TPSA) is 119 Å². The van der Waals surface area contributed by atoms with E-state index in [0.29, 0.717) is 70.7 Å². The summed E-state index contributed by atoms with van der Waals surface area (Å²) in [5, 5.41) is 9.55. The van der Waals surface area contributed by atoms with E-state index < -0.39 is 17.4 Å². The number of halogens is 13. The van der Waals surface area contributed by atoms with Crippen molar-refractivity contribution in [3.8, 4) is 28.7 Å². The molecule has 0 atom stereocenters. The van der Waals surface area contributed by atoms with Gasteiger partial charge in [-0.3, -0.25) is 9.22 Å². The van der Waals surface area contributed by atoms with Crippen LogP contribution in [0.5, 0.6) is 28.7 Å². The first-order chi connectivity index (χ1) is 43.5. The number of alkyl halides is 6. The predicted octanol–water partition coefficient (Wildman–Crippen LogP) is 24.1. The summed E-state index contributed by atoms with van der Waals surface area (Å²) in [6.45, 7) is 24.7. The second-order valence-electron chi connectivity index (χ2n) is 20.7. The summed E-state index contributed by atoms with van der Waals surface area (Å²) in [6.07, 6.45) is 12.9. The molecule has 1 aliphatic carbocycles. The van der Waals surface area contributed by atoms with Gasteiger partial charge in [-0.15, -0.1) is 0 Å². The van der Waals surface area contributed by atoms with E-state index in [0.717, 1.165) is 37.0 Å². The minimum atomic E-state index is -0.723. The molecule has 94 heavy (non-hydrogen) atoms. The molecule has 5 aromatic carbocycles. The molecule has 6 rings (SSSR count).